The van der Waals surface area contributed by atoms with E-state index in [1.165, 1.54) is 6.26 Å². The van der Waals surface area contributed by atoms with Crippen LogP contribution in [0, 0.1) is 17.3 Å². The number of ether oxygens (including phenoxy) is 4. The third-order valence-corrected chi connectivity index (χ3v) is 11.0. The molecule has 1 spiro atoms. The summed E-state index contributed by atoms with van der Waals surface area (Å²) in [4.78, 5) is 57.6. The van der Waals surface area contributed by atoms with E-state index in [4.69, 9.17) is 18.9 Å². The number of Topliss-reactive ketones (excluding diaryl/α,β-unsaturated/α-hetero) is 4. The predicted octanol–water partition coefficient (Wildman–Crippen LogP) is 4.46. The van der Waals surface area contributed by atoms with Crippen molar-refractivity contribution in [1.29, 1.82) is 0 Å². The molecule has 10 atom stereocenters. The van der Waals surface area contributed by atoms with Gasteiger partial charge in [-0.3, -0.25) is 19.2 Å². The molecule has 8 nitrogen and oxygen atoms in total. The van der Waals surface area contributed by atoms with Crippen molar-refractivity contribution in [3.05, 3.63) is 48.3 Å². The number of hydrogen-bond acceptors (Lipinski definition) is 8. The zero-order chi connectivity index (χ0) is 29.6. The van der Waals surface area contributed by atoms with Crippen LogP contribution in [0.1, 0.15) is 78.1 Å². The number of rotatable bonds is 12. The summed E-state index contributed by atoms with van der Waals surface area (Å²) in [5.74, 6) is -2.19. The van der Waals surface area contributed by atoms with Gasteiger partial charge in [-0.15, -0.1) is 13.2 Å². The number of carbonyl (C=O) groups excluding carboxylic acids is 4. The van der Waals surface area contributed by atoms with E-state index in [0.717, 1.165) is 38.5 Å². The van der Waals surface area contributed by atoms with Gasteiger partial charge in [0.15, 0.2) is 46.5 Å². The van der Waals surface area contributed by atoms with E-state index in [9.17, 15) is 14.4 Å². The second-order valence-electron chi connectivity index (χ2n) is 13.1. The van der Waals surface area contributed by atoms with Gasteiger partial charge in [0.25, 0.3) is 0 Å². The molecular formula is C34H40O8. The number of ketones is 4. The number of hydrogen-bond donors (Lipinski definition) is 0. The molecule has 0 amide bonds. The van der Waals surface area contributed by atoms with E-state index in [1.54, 1.807) is 12.2 Å². The average Bonchev–Trinajstić information content (AvgIpc) is 3.90. The van der Waals surface area contributed by atoms with E-state index in [1.807, 2.05) is 0 Å². The van der Waals surface area contributed by atoms with Crippen molar-refractivity contribution in [2.45, 2.75) is 120 Å². The number of unbranched alkanes of at least 4 members (excludes halogenated alkanes) is 4. The lowest BCUT2D eigenvalue weighted by Gasteiger charge is -2.63. The fraction of sp³-hybridized carbons (Fsp3) is 0.647. The van der Waals surface area contributed by atoms with Crippen molar-refractivity contribution in [3.63, 3.8) is 0 Å². The van der Waals surface area contributed by atoms with Gasteiger partial charge in [0.05, 0.1) is 12.4 Å². The van der Waals surface area contributed by atoms with E-state index in [-0.39, 0.29) is 47.1 Å². The molecule has 0 N–H and O–H groups in total. The summed E-state index contributed by atoms with van der Waals surface area (Å²) in [6.07, 6.45) is 8.51. The maximum atomic E-state index is 15.0. The minimum atomic E-state index is -1.48. The Labute approximate surface area is 246 Å². The van der Waals surface area contributed by atoms with Crippen molar-refractivity contribution < 1.29 is 38.1 Å². The summed E-state index contributed by atoms with van der Waals surface area (Å²) < 4.78 is 25.1. The van der Waals surface area contributed by atoms with Gasteiger partial charge in [-0.1, -0.05) is 58.1 Å². The molecule has 5 heterocycles. The fourth-order valence-corrected chi connectivity index (χ4v) is 9.11. The van der Waals surface area contributed by atoms with E-state index in [0.29, 0.717) is 18.4 Å². The summed E-state index contributed by atoms with van der Waals surface area (Å²) in [6, 6.07) is 0. The molecule has 8 rings (SSSR count). The topological polar surface area (TPSA) is 112 Å². The highest BCUT2D eigenvalue weighted by Gasteiger charge is 2.84. The molecule has 0 aromatic carbocycles. The lowest BCUT2D eigenvalue weighted by molar-refractivity contribution is -0.213. The minimum absolute atomic E-state index is 0.190. The van der Waals surface area contributed by atoms with Crippen LogP contribution in [0.4, 0.5) is 0 Å². The number of fused-ring (bicyclic) bond motifs is 3. The molecule has 224 valence electrons. The molecular weight excluding hydrogens is 536 g/mol. The fourth-order valence-electron chi connectivity index (χ4n) is 9.11. The van der Waals surface area contributed by atoms with Gasteiger partial charge in [-0.05, 0) is 19.3 Å². The second-order valence-corrected chi connectivity index (χ2v) is 13.1. The summed E-state index contributed by atoms with van der Waals surface area (Å²) in [7, 11) is 0. The maximum Gasteiger partial charge on any atom is 0.195 e. The van der Waals surface area contributed by atoms with Crippen molar-refractivity contribution in [2.75, 3.05) is 0 Å². The van der Waals surface area contributed by atoms with Crippen LogP contribution in [0.3, 0.4) is 0 Å². The summed E-state index contributed by atoms with van der Waals surface area (Å²) >= 11 is 0. The predicted molar refractivity (Wildman–Crippen MR) is 151 cm³/mol. The lowest BCUT2D eigenvalue weighted by Crippen LogP contribution is -2.74. The molecule has 3 aliphatic carbocycles. The highest BCUT2D eigenvalue weighted by molar-refractivity contribution is 6.25. The summed E-state index contributed by atoms with van der Waals surface area (Å²) in [5.41, 5.74) is -3.15. The maximum absolute atomic E-state index is 15.0. The molecule has 8 heteroatoms. The van der Waals surface area contributed by atoms with Crippen molar-refractivity contribution in [1.82, 2.24) is 0 Å². The zero-order valence-corrected chi connectivity index (χ0v) is 24.5. The first-order valence-corrected chi connectivity index (χ1v) is 15.8. The zero-order valence-electron chi connectivity index (χ0n) is 24.5. The molecule has 5 aliphatic heterocycles. The molecule has 3 saturated heterocycles. The quantitative estimate of drug-likeness (QED) is 0.190. The SMILES string of the molecule is C=CC[C@@]12O[C@@H]1C(=O)C1=C(C2=O)[C@H]2C(CCCCC)O[C@@H]1[C@]13C(=O)[C@@]4(CC=C)O[C@H]4C(=O)C1=CO[C@@H](CCCCC)C23. The molecule has 42 heavy (non-hydrogen) atoms. The molecule has 0 aromatic heterocycles. The van der Waals surface area contributed by atoms with Crippen LogP contribution in [-0.4, -0.2) is 64.9 Å². The normalized spacial score (nSPS) is 43.9. The van der Waals surface area contributed by atoms with Crippen LogP contribution in [0.25, 0.3) is 0 Å². The summed E-state index contributed by atoms with van der Waals surface area (Å²) in [6.45, 7) is 11.9. The Morgan fingerprint density at radius 1 is 0.786 bits per heavy atom. The number of epoxide rings is 2. The van der Waals surface area contributed by atoms with Gasteiger partial charge in [0, 0.05) is 41.4 Å². The largest absolute Gasteiger partial charge is 0.497 e. The standard InChI is InChI=1S/C34H40O8/c1-5-9-11-13-19-21-22-23(26(36)30-32(41-30,15-7-3)27(22)37)28(40-19)34-18(17-39-20(24(21)34)14-12-10-6-2)25(35)29-33(42-29,16-8-4)31(34)38/h7-8,17,19-21,24,28-30H,3-6,9-16H2,1-2H3/t19?,20-,21+,24?,28-,29-,30+,32-,33-,34-/m0/s1. The Morgan fingerprint density at radius 3 is 2.07 bits per heavy atom. The molecule has 1 saturated carbocycles. The van der Waals surface area contributed by atoms with Gasteiger partial charge in [0.1, 0.15) is 17.6 Å². The van der Waals surface area contributed by atoms with Gasteiger partial charge in [0.2, 0.25) is 0 Å². The second kappa shape index (κ2) is 9.66. The average molecular weight is 577 g/mol. The first-order valence-electron chi connectivity index (χ1n) is 15.8. The summed E-state index contributed by atoms with van der Waals surface area (Å²) in [5, 5.41) is 0. The van der Waals surface area contributed by atoms with Gasteiger partial charge in [-0.25, -0.2) is 0 Å². The van der Waals surface area contributed by atoms with Crippen LogP contribution in [0.15, 0.2) is 48.3 Å². The van der Waals surface area contributed by atoms with Crippen molar-refractivity contribution >= 4 is 23.1 Å². The first kappa shape index (κ1) is 28.1. The van der Waals surface area contributed by atoms with Crippen LogP contribution >= 0.6 is 0 Å². The van der Waals surface area contributed by atoms with E-state index >= 15 is 4.79 Å². The molecule has 2 unspecified atom stereocenters. The molecule has 4 fully saturated rings. The van der Waals surface area contributed by atoms with Crippen LogP contribution in [0.2, 0.25) is 0 Å². The third kappa shape index (κ3) is 3.29. The Balaban J connectivity index is 1.44. The molecule has 0 radical (unpaired) electrons. The van der Waals surface area contributed by atoms with Crippen molar-refractivity contribution in [2.24, 2.45) is 17.3 Å². The highest BCUT2D eigenvalue weighted by atomic mass is 16.6. The van der Waals surface area contributed by atoms with Crippen LogP contribution in [0.5, 0.6) is 0 Å². The molecule has 2 bridgehead atoms. The lowest BCUT2D eigenvalue weighted by atomic mass is 9.43. The first-order chi connectivity index (χ1) is 20.3. The number of carbonyl (C=O) groups is 4. The van der Waals surface area contributed by atoms with E-state index < -0.39 is 59.0 Å². The van der Waals surface area contributed by atoms with Crippen LogP contribution < -0.4 is 0 Å². The molecule has 8 aliphatic rings. The van der Waals surface area contributed by atoms with Gasteiger partial charge in [-0.2, -0.15) is 0 Å². The van der Waals surface area contributed by atoms with Gasteiger partial charge >= 0.3 is 0 Å². The third-order valence-electron chi connectivity index (χ3n) is 11.0. The van der Waals surface area contributed by atoms with Crippen LogP contribution in [-0.2, 0) is 38.1 Å². The Kier molecular flexibility index (Phi) is 6.47. The molecule has 0 aromatic rings. The highest BCUT2D eigenvalue weighted by Crippen LogP contribution is 2.70. The van der Waals surface area contributed by atoms with Crippen molar-refractivity contribution in [3.8, 4) is 0 Å². The van der Waals surface area contributed by atoms with E-state index in [2.05, 4.69) is 27.0 Å². The smallest absolute Gasteiger partial charge is 0.195 e. The minimum Gasteiger partial charge on any atom is -0.497 e. The Hall–Kier alpha value is -2.68. The Bertz CT molecular complexity index is 1360. The monoisotopic (exact) mass is 576 g/mol. The van der Waals surface area contributed by atoms with Gasteiger partial charge < -0.3 is 18.9 Å². The Morgan fingerprint density at radius 2 is 1.40 bits per heavy atom.